The van der Waals surface area contributed by atoms with E-state index >= 15 is 0 Å². The van der Waals surface area contributed by atoms with Gasteiger partial charge in [0.2, 0.25) is 0 Å². The van der Waals surface area contributed by atoms with E-state index in [1.165, 1.54) is 30.6 Å². The first-order valence-electron chi connectivity index (χ1n) is 6.70. The van der Waals surface area contributed by atoms with Gasteiger partial charge in [0, 0.05) is 5.69 Å². The van der Waals surface area contributed by atoms with Crippen LogP contribution in [-0.2, 0) is 0 Å². The molecule has 1 aromatic heterocycles. The Hall–Kier alpha value is -2.64. The van der Waals surface area contributed by atoms with Crippen LogP contribution >= 0.6 is 0 Å². The van der Waals surface area contributed by atoms with Crippen molar-refractivity contribution >= 4 is 5.91 Å². The van der Waals surface area contributed by atoms with Gasteiger partial charge in [-0.3, -0.25) is 4.79 Å². The molecule has 0 saturated heterocycles. The molecule has 0 saturated carbocycles. The minimum Gasteiger partial charge on any atom is -0.406 e. The summed E-state index contributed by atoms with van der Waals surface area (Å²) in [7, 11) is 0. The lowest BCUT2D eigenvalue weighted by atomic mass is 10.1. The fourth-order valence-corrected chi connectivity index (χ4v) is 1.91. The van der Waals surface area contributed by atoms with Gasteiger partial charge in [0.15, 0.2) is 0 Å². The first-order valence-corrected chi connectivity index (χ1v) is 6.70. The molecule has 1 aromatic carbocycles. The van der Waals surface area contributed by atoms with Crippen molar-refractivity contribution in [3.63, 3.8) is 0 Å². The largest absolute Gasteiger partial charge is 0.573 e. The Balaban J connectivity index is 2.10. The smallest absolute Gasteiger partial charge is 0.406 e. The number of rotatable bonds is 4. The molecule has 2 rings (SSSR count). The maximum Gasteiger partial charge on any atom is 0.573 e. The number of nitrogens with zero attached hydrogens (tertiary/aromatic N) is 2. The van der Waals surface area contributed by atoms with Crippen molar-refractivity contribution in [2.24, 2.45) is 0 Å². The average molecular weight is 325 g/mol. The SMILES string of the molecule is Cc1cc(C(=O)NC(C)c2cccc(OC(F)(F)F)c2)ncn1. The van der Waals surface area contributed by atoms with Crippen molar-refractivity contribution in [1.82, 2.24) is 15.3 Å². The van der Waals surface area contributed by atoms with Crippen molar-refractivity contribution in [1.29, 1.82) is 0 Å². The van der Waals surface area contributed by atoms with Crippen LogP contribution in [0.2, 0.25) is 0 Å². The number of hydrogen-bond donors (Lipinski definition) is 1. The number of carbonyl (C=O) groups excluding carboxylic acids is 1. The summed E-state index contributed by atoms with van der Waals surface area (Å²) in [6.07, 6.45) is -3.49. The van der Waals surface area contributed by atoms with E-state index in [2.05, 4.69) is 20.0 Å². The third-order valence-electron chi connectivity index (χ3n) is 2.98. The van der Waals surface area contributed by atoms with Crippen molar-refractivity contribution < 1.29 is 22.7 Å². The number of carbonyl (C=O) groups is 1. The molecule has 23 heavy (non-hydrogen) atoms. The number of alkyl halides is 3. The van der Waals surface area contributed by atoms with Crippen LogP contribution in [0, 0.1) is 6.92 Å². The van der Waals surface area contributed by atoms with Crippen LogP contribution in [0.3, 0.4) is 0 Å². The molecule has 1 unspecified atom stereocenters. The summed E-state index contributed by atoms with van der Waals surface area (Å²) in [5.74, 6) is -0.779. The highest BCUT2D eigenvalue weighted by Crippen LogP contribution is 2.25. The van der Waals surface area contributed by atoms with Gasteiger partial charge in [-0.15, -0.1) is 13.2 Å². The number of aromatic nitrogens is 2. The van der Waals surface area contributed by atoms with Crippen LogP contribution in [0.5, 0.6) is 5.75 Å². The van der Waals surface area contributed by atoms with E-state index in [4.69, 9.17) is 0 Å². The second-order valence-corrected chi connectivity index (χ2v) is 4.86. The predicted octanol–water partition coefficient (Wildman–Crippen LogP) is 3.17. The molecular formula is C15H14F3N3O2. The van der Waals surface area contributed by atoms with Crippen LogP contribution in [0.25, 0.3) is 0 Å². The number of benzene rings is 1. The summed E-state index contributed by atoms with van der Waals surface area (Å²) in [5, 5.41) is 2.66. The summed E-state index contributed by atoms with van der Waals surface area (Å²) in [4.78, 5) is 19.8. The number of nitrogens with one attached hydrogen (secondary N) is 1. The molecule has 0 radical (unpaired) electrons. The second kappa shape index (κ2) is 6.64. The van der Waals surface area contributed by atoms with Gasteiger partial charge >= 0.3 is 6.36 Å². The Morgan fingerprint density at radius 2 is 2.00 bits per heavy atom. The van der Waals surface area contributed by atoms with Crippen LogP contribution < -0.4 is 10.1 Å². The van der Waals surface area contributed by atoms with Crippen molar-refractivity contribution in [2.45, 2.75) is 26.3 Å². The third kappa shape index (κ3) is 4.94. The van der Waals surface area contributed by atoms with Gasteiger partial charge < -0.3 is 10.1 Å². The average Bonchev–Trinajstić information content (AvgIpc) is 2.45. The maximum atomic E-state index is 12.2. The topological polar surface area (TPSA) is 64.1 Å². The lowest BCUT2D eigenvalue weighted by molar-refractivity contribution is -0.274. The normalized spacial score (nSPS) is 12.6. The van der Waals surface area contributed by atoms with Crippen molar-refractivity contribution in [2.75, 3.05) is 0 Å². The highest BCUT2D eigenvalue weighted by Gasteiger charge is 2.31. The molecular weight excluding hydrogens is 311 g/mol. The van der Waals surface area contributed by atoms with E-state index in [9.17, 15) is 18.0 Å². The third-order valence-corrected chi connectivity index (χ3v) is 2.98. The van der Waals surface area contributed by atoms with Gasteiger partial charge in [-0.1, -0.05) is 12.1 Å². The highest BCUT2D eigenvalue weighted by molar-refractivity contribution is 5.92. The molecule has 8 heteroatoms. The number of halogens is 3. The Morgan fingerprint density at radius 3 is 2.65 bits per heavy atom. The van der Waals surface area contributed by atoms with E-state index in [1.807, 2.05) is 0 Å². The minimum absolute atomic E-state index is 0.187. The van der Waals surface area contributed by atoms with Gasteiger partial charge in [-0.25, -0.2) is 9.97 Å². The molecule has 0 aliphatic rings. The molecule has 1 atom stereocenters. The lowest BCUT2D eigenvalue weighted by Gasteiger charge is -2.16. The first-order chi connectivity index (χ1) is 10.7. The fraction of sp³-hybridized carbons (Fsp3) is 0.267. The number of hydrogen-bond acceptors (Lipinski definition) is 4. The molecule has 0 aliphatic heterocycles. The number of aryl methyl sites for hydroxylation is 1. The van der Waals surface area contributed by atoms with E-state index in [1.54, 1.807) is 19.9 Å². The Kier molecular flexibility index (Phi) is 4.83. The quantitative estimate of drug-likeness (QED) is 0.938. The summed E-state index contributed by atoms with van der Waals surface area (Å²) < 4.78 is 40.6. The molecule has 0 bridgehead atoms. The summed E-state index contributed by atoms with van der Waals surface area (Å²) in [5.41, 5.74) is 1.30. The molecule has 122 valence electrons. The Morgan fingerprint density at radius 1 is 1.26 bits per heavy atom. The van der Waals surface area contributed by atoms with Gasteiger partial charge in [0.05, 0.1) is 6.04 Å². The van der Waals surface area contributed by atoms with Gasteiger partial charge in [-0.05, 0) is 37.6 Å². The van der Waals surface area contributed by atoms with Crippen LogP contribution in [0.1, 0.15) is 34.7 Å². The van der Waals surface area contributed by atoms with Crippen LogP contribution in [-0.4, -0.2) is 22.2 Å². The molecule has 5 nitrogen and oxygen atoms in total. The lowest BCUT2D eigenvalue weighted by Crippen LogP contribution is -2.27. The van der Waals surface area contributed by atoms with Gasteiger partial charge in [0.25, 0.3) is 5.91 Å². The second-order valence-electron chi connectivity index (χ2n) is 4.86. The number of amides is 1. The fourth-order valence-electron chi connectivity index (χ4n) is 1.91. The van der Waals surface area contributed by atoms with E-state index in [-0.39, 0.29) is 11.4 Å². The van der Waals surface area contributed by atoms with Crippen LogP contribution in [0.4, 0.5) is 13.2 Å². The Bertz CT molecular complexity index is 704. The summed E-state index contributed by atoms with van der Waals surface area (Å²) in [6.45, 7) is 3.37. The minimum atomic E-state index is -4.76. The molecule has 0 aliphatic carbocycles. The van der Waals surface area contributed by atoms with Crippen molar-refractivity contribution in [3.8, 4) is 5.75 Å². The van der Waals surface area contributed by atoms with Gasteiger partial charge in [0.1, 0.15) is 17.8 Å². The van der Waals surface area contributed by atoms with Crippen molar-refractivity contribution in [3.05, 3.63) is 53.6 Å². The molecule has 1 N–H and O–H groups in total. The van der Waals surface area contributed by atoms with E-state index in [0.717, 1.165) is 0 Å². The van der Waals surface area contributed by atoms with E-state index < -0.39 is 18.3 Å². The molecule has 2 aromatic rings. The Labute approximate surface area is 130 Å². The summed E-state index contributed by atoms with van der Waals surface area (Å²) >= 11 is 0. The zero-order valence-corrected chi connectivity index (χ0v) is 12.4. The zero-order valence-electron chi connectivity index (χ0n) is 12.4. The van der Waals surface area contributed by atoms with Crippen LogP contribution in [0.15, 0.2) is 36.7 Å². The first kappa shape index (κ1) is 16.7. The molecule has 1 amide bonds. The highest BCUT2D eigenvalue weighted by atomic mass is 19.4. The molecule has 1 heterocycles. The van der Waals surface area contributed by atoms with Gasteiger partial charge in [-0.2, -0.15) is 0 Å². The predicted molar refractivity (Wildman–Crippen MR) is 75.8 cm³/mol. The zero-order chi connectivity index (χ0) is 17.0. The standard InChI is InChI=1S/C15H14F3N3O2/c1-9-6-13(20-8-19-9)14(22)21-10(2)11-4-3-5-12(7-11)23-15(16,17)18/h3-8,10H,1-2H3,(H,21,22). The number of ether oxygens (including phenoxy) is 1. The summed E-state index contributed by atoms with van der Waals surface area (Å²) in [6, 6.07) is 6.44. The molecule has 0 fully saturated rings. The van der Waals surface area contributed by atoms with E-state index in [0.29, 0.717) is 11.3 Å². The monoisotopic (exact) mass is 325 g/mol. The molecule has 0 spiro atoms. The maximum absolute atomic E-state index is 12.2.